The van der Waals surface area contributed by atoms with Gasteiger partial charge in [-0.25, -0.2) is 9.78 Å². The number of hydrogen-bond donors (Lipinski definition) is 3. The molecule has 33 heavy (non-hydrogen) atoms. The number of carboxylic acid groups (broad SMARTS) is 1. The van der Waals surface area contributed by atoms with Gasteiger partial charge in [0.05, 0.1) is 5.41 Å². The summed E-state index contributed by atoms with van der Waals surface area (Å²) in [5.74, 6) is -0.177. The van der Waals surface area contributed by atoms with E-state index in [0.717, 1.165) is 68.6 Å². The topological polar surface area (TPSA) is 91.3 Å². The van der Waals surface area contributed by atoms with Crippen molar-refractivity contribution >= 4 is 17.7 Å². The summed E-state index contributed by atoms with van der Waals surface area (Å²) in [7, 11) is 0. The predicted octanol–water partition coefficient (Wildman–Crippen LogP) is 4.87. The molecule has 1 aliphatic heterocycles. The van der Waals surface area contributed by atoms with Crippen LogP contribution in [0.3, 0.4) is 0 Å². The van der Waals surface area contributed by atoms with Crippen LogP contribution >= 0.6 is 0 Å². The molecule has 0 spiro atoms. The number of fused-ring (bicyclic) bond motifs is 1. The molecule has 1 aromatic heterocycles. The standard InChI is InChI=1S/C27H37N3O3/c1-27(2,21-13-7-6-8-14-21)26(33)30-23(25(31)32)16-10-5-3-4-9-15-22-18-17-20-12-11-19-28-24(20)29-22/h6-8,13-14,17-18,23H,3-5,9-12,15-16,19H2,1-2H3,(H,28,29)(H,30,33)(H,31,32)/t23-/m0/s1. The van der Waals surface area contributed by atoms with Crippen molar-refractivity contribution in [1.29, 1.82) is 0 Å². The smallest absolute Gasteiger partial charge is 0.326 e. The fourth-order valence-electron chi connectivity index (χ4n) is 4.27. The lowest BCUT2D eigenvalue weighted by molar-refractivity contribution is -0.142. The van der Waals surface area contributed by atoms with Gasteiger partial charge in [-0.1, -0.05) is 62.1 Å². The van der Waals surface area contributed by atoms with Crippen LogP contribution in [0, 0.1) is 0 Å². The van der Waals surface area contributed by atoms with E-state index in [1.165, 1.54) is 12.0 Å². The first kappa shape index (κ1) is 24.7. The van der Waals surface area contributed by atoms with Gasteiger partial charge in [0.25, 0.3) is 0 Å². The SMILES string of the molecule is CC(C)(C(=O)N[C@@H](CCCCCCCc1ccc2c(n1)NCCC2)C(=O)O)c1ccccc1. The number of carboxylic acids is 1. The van der Waals surface area contributed by atoms with E-state index in [-0.39, 0.29) is 5.91 Å². The van der Waals surface area contributed by atoms with Gasteiger partial charge in [0, 0.05) is 12.2 Å². The summed E-state index contributed by atoms with van der Waals surface area (Å²) in [4.78, 5) is 29.2. The molecule has 6 heteroatoms. The number of anilines is 1. The Hall–Kier alpha value is -2.89. The first-order valence-electron chi connectivity index (χ1n) is 12.2. The third kappa shape index (κ3) is 7.04. The molecule has 3 N–H and O–H groups in total. The van der Waals surface area contributed by atoms with Crippen molar-refractivity contribution in [1.82, 2.24) is 10.3 Å². The molecule has 2 aromatic rings. The number of nitrogens with zero attached hydrogens (tertiary/aromatic N) is 1. The maximum Gasteiger partial charge on any atom is 0.326 e. The molecule has 1 atom stereocenters. The number of benzene rings is 1. The van der Waals surface area contributed by atoms with E-state index in [1.54, 1.807) is 0 Å². The fourth-order valence-corrected chi connectivity index (χ4v) is 4.27. The van der Waals surface area contributed by atoms with Gasteiger partial charge in [-0.05, 0) is 63.1 Å². The number of unbranched alkanes of at least 4 members (excludes halogenated alkanes) is 4. The Morgan fingerprint density at radius 3 is 2.55 bits per heavy atom. The largest absolute Gasteiger partial charge is 0.480 e. The highest BCUT2D eigenvalue weighted by Gasteiger charge is 2.32. The van der Waals surface area contributed by atoms with E-state index in [1.807, 2.05) is 44.2 Å². The van der Waals surface area contributed by atoms with Crippen LogP contribution in [0.1, 0.15) is 75.6 Å². The lowest BCUT2D eigenvalue weighted by atomic mass is 9.83. The Balaban J connectivity index is 1.36. The van der Waals surface area contributed by atoms with Crippen LogP contribution < -0.4 is 10.6 Å². The number of aliphatic carboxylic acids is 1. The third-order valence-electron chi connectivity index (χ3n) is 6.54. The molecule has 0 aliphatic carbocycles. The zero-order valence-corrected chi connectivity index (χ0v) is 19.9. The summed E-state index contributed by atoms with van der Waals surface area (Å²) in [5, 5.41) is 15.7. The van der Waals surface area contributed by atoms with Gasteiger partial charge in [0.1, 0.15) is 11.9 Å². The Morgan fingerprint density at radius 2 is 1.79 bits per heavy atom. The Morgan fingerprint density at radius 1 is 1.06 bits per heavy atom. The van der Waals surface area contributed by atoms with Gasteiger partial charge >= 0.3 is 5.97 Å². The monoisotopic (exact) mass is 451 g/mol. The normalized spacial score (nSPS) is 14.1. The molecule has 0 bridgehead atoms. The van der Waals surface area contributed by atoms with Crippen molar-refractivity contribution in [3.05, 3.63) is 59.3 Å². The number of nitrogens with one attached hydrogen (secondary N) is 2. The number of amides is 1. The number of aryl methyl sites for hydroxylation is 2. The maximum absolute atomic E-state index is 12.8. The first-order valence-corrected chi connectivity index (χ1v) is 12.2. The van der Waals surface area contributed by atoms with Crippen LogP contribution in [0.15, 0.2) is 42.5 Å². The van der Waals surface area contributed by atoms with Crippen LogP contribution in [-0.2, 0) is 27.8 Å². The summed E-state index contributed by atoms with van der Waals surface area (Å²) in [5.41, 5.74) is 2.54. The Labute approximate surface area is 197 Å². The van der Waals surface area contributed by atoms with Crippen LogP contribution in [0.5, 0.6) is 0 Å². The minimum atomic E-state index is -0.973. The minimum Gasteiger partial charge on any atom is -0.480 e. The minimum absolute atomic E-state index is 0.256. The van der Waals surface area contributed by atoms with E-state index in [2.05, 4.69) is 22.8 Å². The number of carbonyl (C=O) groups excluding carboxylic acids is 1. The number of rotatable bonds is 12. The van der Waals surface area contributed by atoms with Gasteiger partial charge < -0.3 is 15.7 Å². The van der Waals surface area contributed by atoms with Crippen molar-refractivity contribution in [2.45, 2.75) is 83.1 Å². The van der Waals surface area contributed by atoms with Gasteiger partial charge in [-0.15, -0.1) is 0 Å². The second-order valence-corrected chi connectivity index (χ2v) is 9.50. The third-order valence-corrected chi connectivity index (χ3v) is 6.54. The molecule has 1 aliphatic rings. The van der Waals surface area contributed by atoms with E-state index in [0.29, 0.717) is 6.42 Å². The molecule has 6 nitrogen and oxygen atoms in total. The molecule has 0 fully saturated rings. The molecule has 1 aromatic carbocycles. The predicted molar refractivity (Wildman–Crippen MR) is 131 cm³/mol. The van der Waals surface area contributed by atoms with Crippen molar-refractivity contribution in [3.63, 3.8) is 0 Å². The average Bonchev–Trinajstić information content (AvgIpc) is 2.82. The van der Waals surface area contributed by atoms with Gasteiger partial charge in [0.2, 0.25) is 5.91 Å². The van der Waals surface area contributed by atoms with Crippen molar-refractivity contribution in [2.24, 2.45) is 0 Å². The summed E-state index contributed by atoms with van der Waals surface area (Å²) < 4.78 is 0. The molecule has 2 heterocycles. The molecular formula is C27H37N3O3. The first-order chi connectivity index (χ1) is 15.9. The number of hydrogen-bond acceptors (Lipinski definition) is 4. The van der Waals surface area contributed by atoms with Crippen LogP contribution in [0.2, 0.25) is 0 Å². The molecular weight excluding hydrogens is 414 g/mol. The van der Waals surface area contributed by atoms with Crippen LogP contribution in [0.4, 0.5) is 5.82 Å². The summed E-state index contributed by atoms with van der Waals surface area (Å²) >= 11 is 0. The van der Waals surface area contributed by atoms with E-state index >= 15 is 0 Å². The number of carbonyl (C=O) groups is 2. The fraction of sp³-hybridized carbons (Fsp3) is 0.519. The Kier molecular flexibility index (Phi) is 8.87. The van der Waals surface area contributed by atoms with E-state index in [4.69, 9.17) is 4.98 Å². The van der Waals surface area contributed by atoms with Gasteiger partial charge in [-0.2, -0.15) is 0 Å². The Bertz CT molecular complexity index is 927. The lowest BCUT2D eigenvalue weighted by Crippen LogP contribution is -2.48. The molecule has 178 valence electrons. The van der Waals surface area contributed by atoms with Crippen molar-refractivity contribution in [2.75, 3.05) is 11.9 Å². The summed E-state index contributed by atoms with van der Waals surface area (Å²) in [6, 6.07) is 12.9. The lowest BCUT2D eigenvalue weighted by Gasteiger charge is -2.26. The second-order valence-electron chi connectivity index (χ2n) is 9.50. The summed E-state index contributed by atoms with van der Waals surface area (Å²) in [6.07, 6.45) is 8.67. The zero-order chi connectivity index (χ0) is 23.7. The van der Waals surface area contributed by atoms with Crippen LogP contribution in [-0.4, -0.2) is 34.6 Å². The van der Waals surface area contributed by atoms with Crippen molar-refractivity contribution in [3.8, 4) is 0 Å². The molecule has 0 saturated carbocycles. The van der Waals surface area contributed by atoms with E-state index in [9.17, 15) is 14.7 Å². The number of aromatic nitrogens is 1. The molecule has 1 amide bonds. The molecule has 0 unspecified atom stereocenters. The average molecular weight is 452 g/mol. The van der Waals surface area contributed by atoms with Crippen molar-refractivity contribution < 1.29 is 14.7 Å². The summed E-state index contributed by atoms with van der Waals surface area (Å²) in [6.45, 7) is 4.65. The van der Waals surface area contributed by atoms with Gasteiger partial charge in [-0.3, -0.25) is 4.79 Å². The quantitative estimate of drug-likeness (QED) is 0.401. The highest BCUT2D eigenvalue weighted by molar-refractivity contribution is 5.90. The molecule has 0 saturated heterocycles. The highest BCUT2D eigenvalue weighted by Crippen LogP contribution is 2.24. The van der Waals surface area contributed by atoms with E-state index < -0.39 is 17.4 Å². The highest BCUT2D eigenvalue weighted by atomic mass is 16.4. The number of pyridine rings is 1. The van der Waals surface area contributed by atoms with Crippen LogP contribution in [0.25, 0.3) is 0 Å². The second kappa shape index (κ2) is 11.8. The van der Waals surface area contributed by atoms with Gasteiger partial charge in [0.15, 0.2) is 0 Å². The maximum atomic E-state index is 12.8. The molecule has 0 radical (unpaired) electrons. The zero-order valence-electron chi connectivity index (χ0n) is 19.9. The molecule has 3 rings (SSSR count).